The number of nitrogens with zero attached hydrogens (tertiary/aromatic N) is 4. The number of amides is 1. The van der Waals surface area contributed by atoms with E-state index in [4.69, 9.17) is 0 Å². The summed E-state index contributed by atoms with van der Waals surface area (Å²) in [4.78, 5) is 27.2. The van der Waals surface area contributed by atoms with Crippen molar-refractivity contribution in [2.45, 2.75) is 25.0 Å². The van der Waals surface area contributed by atoms with Crippen molar-refractivity contribution in [3.8, 4) is 5.69 Å². The van der Waals surface area contributed by atoms with Crippen LogP contribution in [-0.4, -0.2) is 54.7 Å². The maximum atomic E-state index is 13.0. The number of H-pyrrole nitrogens is 1. The third kappa shape index (κ3) is 3.19. The molecule has 4 atom stereocenters. The second-order valence-electron chi connectivity index (χ2n) is 8.00. The normalized spacial score (nSPS) is 26.4. The maximum absolute atomic E-state index is 13.0. The third-order valence-corrected chi connectivity index (χ3v) is 6.23. The van der Waals surface area contributed by atoms with Gasteiger partial charge in [-0.3, -0.25) is 19.4 Å². The Morgan fingerprint density at radius 1 is 1.10 bits per heavy atom. The Balaban J connectivity index is 1.33. The first-order chi connectivity index (χ1) is 14.1. The van der Waals surface area contributed by atoms with E-state index in [1.165, 1.54) is 10.7 Å². The minimum absolute atomic E-state index is 0.0553. The van der Waals surface area contributed by atoms with Gasteiger partial charge in [0.25, 0.3) is 11.5 Å². The van der Waals surface area contributed by atoms with Gasteiger partial charge in [0.1, 0.15) is 5.69 Å². The van der Waals surface area contributed by atoms with Crippen LogP contribution in [0.4, 0.5) is 0 Å². The van der Waals surface area contributed by atoms with E-state index in [1.54, 1.807) is 11.1 Å². The number of aromatic nitrogens is 4. The molecule has 8 heteroatoms. The maximum Gasteiger partial charge on any atom is 0.271 e. The minimum atomic E-state index is -0.467. The van der Waals surface area contributed by atoms with Crippen molar-refractivity contribution >= 4 is 5.91 Å². The van der Waals surface area contributed by atoms with Crippen molar-refractivity contribution in [2.75, 3.05) is 13.1 Å². The summed E-state index contributed by atoms with van der Waals surface area (Å²) < 4.78 is 3.21. The molecular formula is C21H23N5O3. The predicted molar refractivity (Wildman–Crippen MR) is 106 cm³/mol. The van der Waals surface area contributed by atoms with Crippen LogP contribution >= 0.6 is 0 Å². The van der Waals surface area contributed by atoms with Crippen molar-refractivity contribution in [2.24, 2.45) is 11.8 Å². The quantitative estimate of drug-likeness (QED) is 0.704. The number of aliphatic hydroxyl groups is 1. The molecule has 0 bridgehead atoms. The number of benzene rings is 1. The van der Waals surface area contributed by atoms with Gasteiger partial charge in [0.2, 0.25) is 0 Å². The summed E-state index contributed by atoms with van der Waals surface area (Å²) in [6, 6.07) is 12.4. The first-order valence-corrected chi connectivity index (χ1v) is 9.94. The van der Waals surface area contributed by atoms with Gasteiger partial charge >= 0.3 is 0 Å². The van der Waals surface area contributed by atoms with Gasteiger partial charge in [-0.05, 0) is 42.9 Å². The molecule has 0 radical (unpaired) electrons. The highest BCUT2D eigenvalue weighted by atomic mass is 16.3. The summed E-state index contributed by atoms with van der Waals surface area (Å²) in [5.41, 5.74) is 0.726. The summed E-state index contributed by atoms with van der Waals surface area (Å²) >= 11 is 0. The molecule has 0 unspecified atom stereocenters. The average Bonchev–Trinajstić information content (AvgIpc) is 3.46. The zero-order valence-corrected chi connectivity index (χ0v) is 15.9. The van der Waals surface area contributed by atoms with Crippen molar-refractivity contribution in [3.05, 3.63) is 70.9 Å². The lowest BCUT2D eigenvalue weighted by molar-refractivity contribution is 0.0306. The summed E-state index contributed by atoms with van der Waals surface area (Å²) in [5.74, 6) is 0.416. The Hall–Kier alpha value is -3.13. The number of hydrogen-bond donors (Lipinski definition) is 2. The molecule has 1 aromatic carbocycles. The topological polar surface area (TPSA) is 96.2 Å². The Kier molecular flexibility index (Phi) is 4.35. The zero-order valence-electron chi connectivity index (χ0n) is 15.9. The smallest absolute Gasteiger partial charge is 0.271 e. The van der Waals surface area contributed by atoms with Gasteiger partial charge in [0.15, 0.2) is 0 Å². The Morgan fingerprint density at radius 3 is 2.59 bits per heavy atom. The van der Waals surface area contributed by atoms with Crippen LogP contribution in [0, 0.1) is 11.8 Å². The van der Waals surface area contributed by atoms with Crippen LogP contribution in [-0.2, 0) is 0 Å². The fraction of sp³-hybridized carbons (Fsp3) is 0.381. The lowest BCUT2D eigenvalue weighted by Gasteiger charge is -2.35. The van der Waals surface area contributed by atoms with Gasteiger partial charge in [0, 0.05) is 31.5 Å². The van der Waals surface area contributed by atoms with Crippen LogP contribution < -0.4 is 5.56 Å². The van der Waals surface area contributed by atoms with Crippen LogP contribution in [0.1, 0.15) is 29.4 Å². The largest absolute Gasteiger partial charge is 0.391 e. The first-order valence-electron chi connectivity index (χ1n) is 9.94. The van der Waals surface area contributed by atoms with Crippen LogP contribution in [0.25, 0.3) is 5.69 Å². The van der Waals surface area contributed by atoms with Gasteiger partial charge in [-0.25, -0.2) is 4.68 Å². The molecule has 2 aromatic heterocycles. The van der Waals surface area contributed by atoms with E-state index in [9.17, 15) is 14.7 Å². The molecule has 8 nitrogen and oxygen atoms in total. The van der Waals surface area contributed by atoms with E-state index in [-0.39, 0.29) is 23.4 Å². The standard InChI is InChI=1S/C21H23N5O3/c27-19-10-15-13-24(12-14(15)9-18(19)25-8-4-7-22-25)21(29)17-11-20(28)26(23-17)16-5-2-1-3-6-16/h1-8,11,14-15,18-19,23,27H,9-10,12-13H2/t14-,15+,18-,19-/m1/s1. The first kappa shape index (κ1) is 17.9. The molecular weight excluding hydrogens is 370 g/mol. The molecule has 1 amide bonds. The summed E-state index contributed by atoms with van der Waals surface area (Å²) in [6.07, 6.45) is 4.57. The lowest BCUT2D eigenvalue weighted by Crippen LogP contribution is -2.36. The number of carbonyl (C=O) groups is 1. The molecule has 1 aliphatic heterocycles. The number of hydrogen-bond acceptors (Lipinski definition) is 4. The number of nitrogens with one attached hydrogen (secondary N) is 1. The SMILES string of the molecule is O=C(c1cc(=O)n(-c2ccccc2)[nH]1)N1C[C@H]2C[C@@H](n3cccn3)[C@H](O)C[C@H]2C1. The monoisotopic (exact) mass is 393 g/mol. The molecule has 1 saturated carbocycles. The summed E-state index contributed by atoms with van der Waals surface area (Å²) in [6.45, 7) is 1.23. The molecule has 3 aromatic rings. The van der Waals surface area contributed by atoms with Crippen molar-refractivity contribution in [1.82, 2.24) is 24.5 Å². The number of para-hydroxylation sites is 1. The molecule has 0 spiro atoms. The van der Waals surface area contributed by atoms with Gasteiger partial charge in [-0.2, -0.15) is 5.10 Å². The van der Waals surface area contributed by atoms with E-state index in [2.05, 4.69) is 10.2 Å². The third-order valence-electron chi connectivity index (χ3n) is 6.23. The highest BCUT2D eigenvalue weighted by molar-refractivity contribution is 5.92. The van der Waals surface area contributed by atoms with Gasteiger partial charge < -0.3 is 10.0 Å². The molecule has 1 saturated heterocycles. The van der Waals surface area contributed by atoms with Crippen LogP contribution in [0.5, 0.6) is 0 Å². The molecule has 3 heterocycles. The molecule has 2 N–H and O–H groups in total. The second-order valence-corrected chi connectivity index (χ2v) is 8.00. The van der Waals surface area contributed by atoms with E-state index in [0.29, 0.717) is 36.8 Å². The number of fused-ring (bicyclic) bond motifs is 1. The number of rotatable bonds is 3. The van der Waals surface area contributed by atoms with Gasteiger partial charge in [-0.1, -0.05) is 18.2 Å². The highest BCUT2D eigenvalue weighted by Crippen LogP contribution is 2.41. The van der Waals surface area contributed by atoms with Crippen LogP contribution in [0.3, 0.4) is 0 Å². The van der Waals surface area contributed by atoms with E-state index in [1.807, 2.05) is 47.3 Å². The number of likely N-dealkylation sites (tertiary alicyclic amines) is 1. The predicted octanol–water partition coefficient (Wildman–Crippen LogP) is 1.45. The Morgan fingerprint density at radius 2 is 1.86 bits per heavy atom. The highest BCUT2D eigenvalue weighted by Gasteiger charge is 2.44. The fourth-order valence-electron chi connectivity index (χ4n) is 4.78. The van der Waals surface area contributed by atoms with Gasteiger partial charge in [0.05, 0.1) is 17.8 Å². The fourth-order valence-corrected chi connectivity index (χ4v) is 4.78. The van der Waals surface area contributed by atoms with Gasteiger partial charge in [-0.15, -0.1) is 0 Å². The second kappa shape index (κ2) is 7.04. The molecule has 1 aliphatic carbocycles. The molecule has 150 valence electrons. The van der Waals surface area contributed by atoms with Crippen molar-refractivity contribution < 1.29 is 9.90 Å². The van der Waals surface area contributed by atoms with Crippen LogP contribution in [0.15, 0.2) is 59.7 Å². The minimum Gasteiger partial charge on any atom is -0.391 e. The molecule has 2 aliphatic rings. The van der Waals surface area contributed by atoms with Crippen LogP contribution in [0.2, 0.25) is 0 Å². The lowest BCUT2D eigenvalue weighted by atomic mass is 9.77. The average molecular weight is 393 g/mol. The number of carbonyl (C=O) groups excluding carboxylic acids is 1. The summed E-state index contributed by atoms with van der Waals surface area (Å²) in [5, 5.41) is 17.8. The molecule has 29 heavy (non-hydrogen) atoms. The molecule has 2 fully saturated rings. The number of aromatic amines is 1. The van der Waals surface area contributed by atoms with Crippen molar-refractivity contribution in [3.63, 3.8) is 0 Å². The van der Waals surface area contributed by atoms with Crippen molar-refractivity contribution in [1.29, 1.82) is 0 Å². The Bertz CT molecular complexity index is 1060. The number of aliphatic hydroxyl groups excluding tert-OH is 1. The van der Waals surface area contributed by atoms with E-state index < -0.39 is 6.10 Å². The Labute approximate surface area is 167 Å². The zero-order chi connectivity index (χ0) is 20.0. The summed E-state index contributed by atoms with van der Waals surface area (Å²) in [7, 11) is 0. The van der Waals surface area contributed by atoms with E-state index >= 15 is 0 Å². The van der Waals surface area contributed by atoms with E-state index in [0.717, 1.165) is 6.42 Å². The molecule has 5 rings (SSSR count).